The van der Waals surface area contributed by atoms with Gasteiger partial charge < -0.3 is 10.9 Å². The van der Waals surface area contributed by atoms with Gasteiger partial charge >= 0.3 is 0 Å². The van der Waals surface area contributed by atoms with Crippen LogP contribution in [0.15, 0.2) is 0 Å². The summed E-state index contributed by atoms with van der Waals surface area (Å²) < 4.78 is 5.18. The second-order valence-electron chi connectivity index (χ2n) is 2.26. The molecule has 0 aliphatic carbocycles. The van der Waals surface area contributed by atoms with E-state index in [0.29, 0.717) is 0 Å². The van der Waals surface area contributed by atoms with Crippen molar-refractivity contribution in [2.45, 2.75) is 39.5 Å². The number of ether oxygens (including phenoxy) is 1. The van der Waals surface area contributed by atoms with Crippen LogP contribution in [0.3, 0.4) is 0 Å². The number of unbranched alkanes of at least 4 members (excludes halogenated alkanes) is 3. The first-order valence-corrected chi connectivity index (χ1v) is 3.99. The van der Waals surface area contributed by atoms with Gasteiger partial charge in [0.15, 0.2) is 0 Å². The molecule has 0 aromatic rings. The molecule has 2 nitrogen and oxygen atoms in total. The summed E-state index contributed by atoms with van der Waals surface area (Å²) in [7, 11) is 0. The third-order valence-corrected chi connectivity index (χ3v) is 1.35. The van der Waals surface area contributed by atoms with E-state index in [-0.39, 0.29) is 6.15 Å². The van der Waals surface area contributed by atoms with E-state index < -0.39 is 0 Å². The van der Waals surface area contributed by atoms with Crippen molar-refractivity contribution in [3.8, 4) is 0 Å². The SMILES string of the molecule is CCCCCCOCC.N. The number of hydrogen-bond acceptors (Lipinski definition) is 2. The third-order valence-electron chi connectivity index (χ3n) is 1.35. The first-order valence-electron chi connectivity index (χ1n) is 3.99. The van der Waals surface area contributed by atoms with E-state index in [9.17, 15) is 0 Å². The highest BCUT2D eigenvalue weighted by atomic mass is 16.5. The predicted molar refractivity (Wildman–Crippen MR) is 45.7 cm³/mol. The zero-order valence-corrected chi connectivity index (χ0v) is 7.36. The molecule has 3 N–H and O–H groups in total. The lowest BCUT2D eigenvalue weighted by molar-refractivity contribution is 0.143. The Morgan fingerprint density at radius 1 is 1.00 bits per heavy atom. The zero-order chi connectivity index (χ0) is 6.95. The minimum Gasteiger partial charge on any atom is -0.382 e. The third kappa shape index (κ3) is 10.8. The van der Waals surface area contributed by atoms with Gasteiger partial charge in [0, 0.05) is 13.2 Å². The fourth-order valence-corrected chi connectivity index (χ4v) is 0.775. The average Bonchev–Trinajstić information content (AvgIpc) is 1.89. The predicted octanol–water partition coefficient (Wildman–Crippen LogP) is 2.77. The summed E-state index contributed by atoms with van der Waals surface area (Å²) in [6.45, 7) is 6.09. The molecule has 64 valence electrons. The molecule has 0 aliphatic heterocycles. The van der Waals surface area contributed by atoms with Crippen LogP contribution in [0.5, 0.6) is 0 Å². The Morgan fingerprint density at radius 2 is 1.70 bits per heavy atom. The van der Waals surface area contributed by atoms with Crippen molar-refractivity contribution in [3.63, 3.8) is 0 Å². The summed E-state index contributed by atoms with van der Waals surface area (Å²) in [5.41, 5.74) is 0. The van der Waals surface area contributed by atoms with E-state index in [1.165, 1.54) is 25.7 Å². The van der Waals surface area contributed by atoms with E-state index in [0.717, 1.165) is 13.2 Å². The second kappa shape index (κ2) is 11.7. The molecule has 10 heavy (non-hydrogen) atoms. The van der Waals surface area contributed by atoms with Gasteiger partial charge in [-0.15, -0.1) is 0 Å². The van der Waals surface area contributed by atoms with Crippen molar-refractivity contribution in [1.82, 2.24) is 6.15 Å². The molecule has 0 radical (unpaired) electrons. The normalized spacial score (nSPS) is 9.00. The molecule has 0 saturated heterocycles. The Labute approximate surface area is 64.5 Å². The first-order chi connectivity index (χ1) is 4.41. The smallest absolute Gasteiger partial charge is 0.0465 e. The Morgan fingerprint density at radius 3 is 2.20 bits per heavy atom. The standard InChI is InChI=1S/C8H18O.H3N/c1-3-5-6-7-8-9-4-2;/h3-8H2,1-2H3;1H3. The van der Waals surface area contributed by atoms with Crippen molar-refractivity contribution in [2.24, 2.45) is 0 Å². The molecule has 0 aliphatic rings. The second-order valence-corrected chi connectivity index (χ2v) is 2.26. The van der Waals surface area contributed by atoms with Crippen LogP contribution in [0, 0.1) is 0 Å². The lowest BCUT2D eigenvalue weighted by Gasteiger charge is -1.98. The summed E-state index contributed by atoms with van der Waals surface area (Å²) in [5, 5.41) is 0. The number of hydrogen-bond donors (Lipinski definition) is 1. The molecule has 0 spiro atoms. The van der Waals surface area contributed by atoms with Crippen LogP contribution >= 0.6 is 0 Å². The summed E-state index contributed by atoms with van der Waals surface area (Å²) in [4.78, 5) is 0. The molecule has 2 heteroatoms. The van der Waals surface area contributed by atoms with Crippen molar-refractivity contribution in [1.29, 1.82) is 0 Å². The van der Waals surface area contributed by atoms with Crippen molar-refractivity contribution < 1.29 is 4.74 Å². The first kappa shape index (κ1) is 12.6. The maximum atomic E-state index is 5.18. The van der Waals surface area contributed by atoms with Crippen LogP contribution in [0.1, 0.15) is 39.5 Å². The van der Waals surface area contributed by atoms with Gasteiger partial charge in [0.2, 0.25) is 0 Å². The molecule has 0 aromatic heterocycles. The summed E-state index contributed by atoms with van der Waals surface area (Å²) in [5.74, 6) is 0. The largest absolute Gasteiger partial charge is 0.382 e. The van der Waals surface area contributed by atoms with E-state index in [2.05, 4.69) is 6.92 Å². The highest BCUT2D eigenvalue weighted by Crippen LogP contribution is 1.98. The Bertz CT molecular complexity index is 42.5. The van der Waals surface area contributed by atoms with Gasteiger partial charge in [-0.3, -0.25) is 0 Å². The Hall–Kier alpha value is -0.0800. The molecular formula is C8H21NO. The number of rotatable bonds is 6. The van der Waals surface area contributed by atoms with Crippen LogP contribution in [-0.4, -0.2) is 13.2 Å². The molecule has 0 amide bonds. The summed E-state index contributed by atoms with van der Waals surface area (Å²) in [6.07, 6.45) is 5.23. The van der Waals surface area contributed by atoms with Crippen LogP contribution in [0.25, 0.3) is 0 Å². The van der Waals surface area contributed by atoms with Crippen LogP contribution in [-0.2, 0) is 4.74 Å². The van der Waals surface area contributed by atoms with E-state index >= 15 is 0 Å². The van der Waals surface area contributed by atoms with Crippen LogP contribution in [0.4, 0.5) is 0 Å². The molecule has 0 atom stereocenters. The molecule has 0 fully saturated rings. The molecule has 0 rings (SSSR count). The molecule has 0 heterocycles. The van der Waals surface area contributed by atoms with Gasteiger partial charge in [0.05, 0.1) is 0 Å². The molecule has 0 saturated carbocycles. The maximum Gasteiger partial charge on any atom is 0.0465 e. The fourth-order valence-electron chi connectivity index (χ4n) is 0.775. The Kier molecular flexibility index (Phi) is 14.7. The van der Waals surface area contributed by atoms with Gasteiger partial charge in [-0.25, -0.2) is 0 Å². The van der Waals surface area contributed by atoms with Crippen molar-refractivity contribution in [2.75, 3.05) is 13.2 Å². The Balaban J connectivity index is 0. The van der Waals surface area contributed by atoms with Crippen molar-refractivity contribution >= 4 is 0 Å². The summed E-state index contributed by atoms with van der Waals surface area (Å²) >= 11 is 0. The summed E-state index contributed by atoms with van der Waals surface area (Å²) in [6, 6.07) is 0. The van der Waals surface area contributed by atoms with E-state index in [4.69, 9.17) is 4.74 Å². The van der Waals surface area contributed by atoms with Gasteiger partial charge in [0.25, 0.3) is 0 Å². The quantitative estimate of drug-likeness (QED) is 0.587. The van der Waals surface area contributed by atoms with E-state index in [1.54, 1.807) is 0 Å². The monoisotopic (exact) mass is 147 g/mol. The van der Waals surface area contributed by atoms with Crippen LogP contribution < -0.4 is 6.15 Å². The maximum absolute atomic E-state index is 5.18. The van der Waals surface area contributed by atoms with Crippen molar-refractivity contribution in [3.05, 3.63) is 0 Å². The van der Waals surface area contributed by atoms with Crippen LogP contribution in [0.2, 0.25) is 0 Å². The lowest BCUT2D eigenvalue weighted by Crippen LogP contribution is -1.92. The molecule has 0 aromatic carbocycles. The lowest BCUT2D eigenvalue weighted by atomic mass is 10.2. The highest BCUT2D eigenvalue weighted by Gasteiger charge is 1.85. The highest BCUT2D eigenvalue weighted by molar-refractivity contribution is 4.37. The fraction of sp³-hybridized carbons (Fsp3) is 1.00. The zero-order valence-electron chi connectivity index (χ0n) is 7.36. The van der Waals surface area contributed by atoms with E-state index in [1.807, 2.05) is 6.92 Å². The van der Waals surface area contributed by atoms with Gasteiger partial charge in [-0.2, -0.15) is 0 Å². The van der Waals surface area contributed by atoms with Gasteiger partial charge in [-0.05, 0) is 13.3 Å². The van der Waals surface area contributed by atoms with Gasteiger partial charge in [0.1, 0.15) is 0 Å². The minimum atomic E-state index is 0. The molecule has 0 bridgehead atoms. The topological polar surface area (TPSA) is 44.2 Å². The van der Waals surface area contributed by atoms with Gasteiger partial charge in [-0.1, -0.05) is 26.2 Å². The molecular weight excluding hydrogens is 126 g/mol. The average molecular weight is 147 g/mol. The minimum absolute atomic E-state index is 0. The molecule has 0 unspecified atom stereocenters.